The normalized spacial score (nSPS) is 11.3. The Hall–Kier alpha value is -3.97. The van der Waals surface area contributed by atoms with Gasteiger partial charge < -0.3 is 19.8 Å². The van der Waals surface area contributed by atoms with Crippen LogP contribution in [0, 0.1) is 5.82 Å². The Labute approximate surface area is 209 Å². The number of fused-ring (bicyclic) bond motifs is 1. The van der Waals surface area contributed by atoms with Gasteiger partial charge in [0, 0.05) is 41.9 Å². The molecule has 3 N–H and O–H groups in total. The van der Waals surface area contributed by atoms with Gasteiger partial charge in [-0.3, -0.25) is 14.9 Å². The minimum Gasteiger partial charge on any atom is -0.482 e. The van der Waals surface area contributed by atoms with E-state index >= 15 is 0 Å². The third-order valence-corrected chi connectivity index (χ3v) is 6.27. The van der Waals surface area contributed by atoms with Crippen LogP contribution in [0.4, 0.5) is 15.2 Å². The highest BCUT2D eigenvalue weighted by atomic mass is 32.2. The first-order valence-electron chi connectivity index (χ1n) is 10.5. The van der Waals surface area contributed by atoms with Crippen molar-refractivity contribution in [2.45, 2.75) is 0 Å². The van der Waals surface area contributed by atoms with E-state index in [0.717, 1.165) is 6.26 Å². The molecule has 4 rings (SSSR count). The summed E-state index contributed by atoms with van der Waals surface area (Å²) in [4.78, 5) is 29.1. The van der Waals surface area contributed by atoms with Crippen LogP contribution in [0.15, 0.2) is 52.4 Å². The summed E-state index contributed by atoms with van der Waals surface area (Å²) in [6.07, 6.45) is 2.60. The first-order chi connectivity index (χ1) is 17.1. The van der Waals surface area contributed by atoms with Crippen LogP contribution in [0.5, 0.6) is 5.75 Å². The molecule has 2 aromatic carbocycles. The van der Waals surface area contributed by atoms with E-state index in [1.54, 1.807) is 11.6 Å². The molecule has 10 nitrogen and oxygen atoms in total. The van der Waals surface area contributed by atoms with Crippen molar-refractivity contribution in [3.8, 4) is 17.1 Å². The van der Waals surface area contributed by atoms with Gasteiger partial charge in [0.2, 0.25) is 0 Å². The zero-order valence-electron chi connectivity index (χ0n) is 19.1. The molecule has 0 saturated heterocycles. The molecule has 36 heavy (non-hydrogen) atoms. The molecule has 0 bridgehead atoms. The number of halogens is 1. The highest BCUT2D eigenvalue weighted by Crippen LogP contribution is 2.39. The molecule has 4 aromatic rings. The molecular formula is C23H21FN4O6S2. The Morgan fingerprint density at radius 2 is 1.94 bits per heavy atom. The predicted molar refractivity (Wildman–Crippen MR) is 135 cm³/mol. The maximum absolute atomic E-state index is 13.5. The van der Waals surface area contributed by atoms with Gasteiger partial charge in [-0.15, -0.1) is 11.3 Å². The summed E-state index contributed by atoms with van der Waals surface area (Å²) in [6.45, 7) is -0.406. The molecule has 0 aliphatic heterocycles. The van der Waals surface area contributed by atoms with E-state index in [-0.39, 0.29) is 28.3 Å². The molecular weight excluding hydrogens is 511 g/mol. The number of carbonyl (C=O) groups is 2. The Kier molecular flexibility index (Phi) is 7.22. The number of anilines is 2. The van der Waals surface area contributed by atoms with E-state index in [4.69, 9.17) is 9.15 Å². The molecule has 188 valence electrons. The standard InChI is InChI=1S/C23H21FN4O6S2/c1-25-22(30)20-15-9-18(33-11-19(29)28-23-26-7-8-35-23)16(27-12-36(2,31)32)10-17(15)34-21(20)13-3-5-14(24)6-4-13/h3-10,27H,11-12H2,1-2H3,(H,25,30)(H,26,28,29). The van der Waals surface area contributed by atoms with Crippen LogP contribution in [0.3, 0.4) is 0 Å². The van der Waals surface area contributed by atoms with E-state index in [0.29, 0.717) is 16.1 Å². The number of rotatable bonds is 9. The number of hydrogen-bond acceptors (Lipinski definition) is 9. The van der Waals surface area contributed by atoms with Crippen molar-refractivity contribution in [1.29, 1.82) is 0 Å². The Bertz CT molecular complexity index is 1520. The van der Waals surface area contributed by atoms with Gasteiger partial charge in [0.05, 0.1) is 11.3 Å². The number of hydrogen-bond donors (Lipinski definition) is 3. The monoisotopic (exact) mass is 532 g/mol. The molecule has 0 aliphatic rings. The molecule has 0 aliphatic carbocycles. The van der Waals surface area contributed by atoms with E-state index in [9.17, 15) is 22.4 Å². The molecule has 0 spiro atoms. The number of sulfone groups is 1. The lowest BCUT2D eigenvalue weighted by molar-refractivity contribution is -0.118. The number of aromatic nitrogens is 1. The highest BCUT2D eigenvalue weighted by Gasteiger charge is 2.24. The SMILES string of the molecule is CNC(=O)c1c(-c2ccc(F)cc2)oc2cc(NCS(C)(=O)=O)c(OCC(=O)Nc3nccs3)cc12. The minimum absolute atomic E-state index is 0.122. The van der Waals surface area contributed by atoms with Gasteiger partial charge in [0.15, 0.2) is 21.6 Å². The molecule has 0 saturated carbocycles. The summed E-state index contributed by atoms with van der Waals surface area (Å²) >= 11 is 1.24. The fourth-order valence-corrected chi connectivity index (χ4v) is 4.29. The van der Waals surface area contributed by atoms with Crippen molar-refractivity contribution >= 4 is 54.8 Å². The minimum atomic E-state index is -3.41. The van der Waals surface area contributed by atoms with Gasteiger partial charge in [-0.2, -0.15) is 0 Å². The van der Waals surface area contributed by atoms with Crippen molar-refractivity contribution in [2.24, 2.45) is 0 Å². The lowest BCUT2D eigenvalue weighted by atomic mass is 10.0. The number of carbonyl (C=O) groups excluding carboxylic acids is 2. The number of amides is 2. The molecule has 0 unspecified atom stereocenters. The molecule has 2 heterocycles. The second-order valence-electron chi connectivity index (χ2n) is 7.66. The Morgan fingerprint density at radius 3 is 2.58 bits per heavy atom. The van der Waals surface area contributed by atoms with E-state index in [1.807, 2.05) is 0 Å². The van der Waals surface area contributed by atoms with Gasteiger partial charge in [-0.1, -0.05) is 0 Å². The first kappa shape index (κ1) is 25.1. The smallest absolute Gasteiger partial charge is 0.264 e. The topological polar surface area (TPSA) is 140 Å². The second-order valence-corrected chi connectivity index (χ2v) is 10.7. The Balaban J connectivity index is 1.76. The van der Waals surface area contributed by atoms with Gasteiger partial charge in [0.1, 0.15) is 28.8 Å². The summed E-state index contributed by atoms with van der Waals surface area (Å²) in [7, 11) is -1.95. The quantitative estimate of drug-likeness (QED) is 0.298. The highest BCUT2D eigenvalue weighted by molar-refractivity contribution is 7.90. The van der Waals surface area contributed by atoms with Gasteiger partial charge in [-0.25, -0.2) is 17.8 Å². The molecule has 0 radical (unpaired) electrons. The Morgan fingerprint density at radius 1 is 1.19 bits per heavy atom. The third-order valence-electron chi connectivity index (χ3n) is 4.91. The third kappa shape index (κ3) is 5.80. The van der Waals surface area contributed by atoms with Crippen LogP contribution >= 0.6 is 11.3 Å². The van der Waals surface area contributed by atoms with Crippen LogP contribution in [0.2, 0.25) is 0 Å². The maximum Gasteiger partial charge on any atom is 0.264 e. The van der Waals surface area contributed by atoms with Crippen molar-refractivity contribution in [2.75, 3.05) is 36.4 Å². The van der Waals surface area contributed by atoms with Crippen LogP contribution in [0.25, 0.3) is 22.3 Å². The maximum atomic E-state index is 13.5. The lowest BCUT2D eigenvalue weighted by Crippen LogP contribution is -2.21. The van der Waals surface area contributed by atoms with Gasteiger partial charge in [0.25, 0.3) is 11.8 Å². The van der Waals surface area contributed by atoms with Crippen LogP contribution in [-0.4, -0.2) is 51.0 Å². The van der Waals surface area contributed by atoms with E-state index in [1.165, 1.54) is 54.8 Å². The molecule has 0 atom stereocenters. The number of nitrogens with one attached hydrogen (secondary N) is 3. The summed E-state index contributed by atoms with van der Waals surface area (Å²) < 4.78 is 48.6. The van der Waals surface area contributed by atoms with Gasteiger partial charge in [-0.05, 0) is 30.3 Å². The number of thiazole rings is 1. The predicted octanol–water partition coefficient (Wildman–Crippen LogP) is 3.49. The fraction of sp³-hybridized carbons (Fsp3) is 0.174. The molecule has 13 heteroatoms. The lowest BCUT2D eigenvalue weighted by Gasteiger charge is -2.13. The number of ether oxygens (including phenoxy) is 1. The summed E-state index contributed by atoms with van der Waals surface area (Å²) in [5.74, 6) is -1.49. The van der Waals surface area contributed by atoms with E-state index < -0.39 is 40.0 Å². The fourth-order valence-electron chi connectivity index (χ4n) is 3.33. The number of benzene rings is 2. The van der Waals surface area contributed by atoms with Crippen molar-refractivity contribution < 1.29 is 31.6 Å². The van der Waals surface area contributed by atoms with Crippen LogP contribution in [0.1, 0.15) is 10.4 Å². The second kappa shape index (κ2) is 10.3. The van der Waals surface area contributed by atoms with Crippen molar-refractivity contribution in [3.05, 3.63) is 59.4 Å². The zero-order valence-corrected chi connectivity index (χ0v) is 20.8. The number of furan rings is 1. The van der Waals surface area contributed by atoms with E-state index in [2.05, 4.69) is 20.9 Å². The van der Waals surface area contributed by atoms with Crippen LogP contribution in [-0.2, 0) is 14.6 Å². The number of nitrogens with zero attached hydrogens (tertiary/aromatic N) is 1. The van der Waals surface area contributed by atoms with Crippen LogP contribution < -0.4 is 20.7 Å². The zero-order chi connectivity index (χ0) is 25.9. The molecule has 2 aromatic heterocycles. The summed E-state index contributed by atoms with van der Waals surface area (Å²) in [5.41, 5.74) is 1.12. The molecule has 2 amide bonds. The largest absolute Gasteiger partial charge is 0.482 e. The van der Waals surface area contributed by atoms with Gasteiger partial charge >= 0.3 is 0 Å². The average Bonchev–Trinajstić information content (AvgIpc) is 3.48. The van der Waals surface area contributed by atoms with Crippen molar-refractivity contribution in [3.63, 3.8) is 0 Å². The van der Waals surface area contributed by atoms with Crippen molar-refractivity contribution in [1.82, 2.24) is 10.3 Å². The average molecular weight is 533 g/mol. The summed E-state index contributed by atoms with van der Waals surface area (Å²) in [6, 6.07) is 8.40. The first-order valence-corrected chi connectivity index (χ1v) is 13.4. The summed E-state index contributed by atoms with van der Waals surface area (Å²) in [5, 5.41) is 10.4. The molecule has 0 fully saturated rings.